The molecule has 0 unspecified atom stereocenters. The Kier molecular flexibility index (Phi) is 6.55. The van der Waals surface area contributed by atoms with Gasteiger partial charge in [-0.3, -0.25) is 9.59 Å². The molecule has 0 aromatic heterocycles. The van der Waals surface area contributed by atoms with Gasteiger partial charge in [-0.05, 0) is 38.1 Å². The number of carbonyl (C=O) groups excluding carboxylic acids is 2. The van der Waals surface area contributed by atoms with Crippen molar-refractivity contribution in [3.8, 4) is 5.75 Å². The first-order valence-corrected chi connectivity index (χ1v) is 8.03. The van der Waals surface area contributed by atoms with Crippen LogP contribution in [-0.4, -0.2) is 61.4 Å². The van der Waals surface area contributed by atoms with Crippen LogP contribution in [0.15, 0.2) is 29.8 Å². The van der Waals surface area contributed by atoms with Crippen molar-refractivity contribution in [3.63, 3.8) is 0 Å². The third-order valence-electron chi connectivity index (χ3n) is 3.80. The number of amides is 1. The Hall–Kier alpha value is -2.38. The average molecular weight is 349 g/mol. The largest absolute Gasteiger partial charge is 0.506 e. The first-order valence-electron chi connectivity index (χ1n) is 8.03. The molecule has 0 spiro atoms. The lowest BCUT2D eigenvalue weighted by molar-refractivity contribution is -0.126. The molecule has 1 fully saturated rings. The molecule has 0 atom stereocenters. The number of Topliss-reactive ketones (excluding diaryl/α,β-unsaturated/α-hetero) is 1. The number of benzene rings is 1. The van der Waals surface area contributed by atoms with E-state index in [2.05, 4.69) is 0 Å². The number of ether oxygens (including phenoxy) is 3. The van der Waals surface area contributed by atoms with Crippen LogP contribution in [0.4, 0.5) is 0 Å². The topological polar surface area (TPSA) is 85.3 Å². The van der Waals surface area contributed by atoms with E-state index in [1.54, 1.807) is 31.4 Å². The van der Waals surface area contributed by atoms with Gasteiger partial charge in [0, 0.05) is 18.7 Å². The Labute approximate surface area is 146 Å². The minimum absolute atomic E-state index is 0.00407. The zero-order valence-electron chi connectivity index (χ0n) is 14.7. The summed E-state index contributed by atoms with van der Waals surface area (Å²) in [5.74, 6) is -0.569. The maximum absolute atomic E-state index is 12.3. The molecule has 25 heavy (non-hydrogen) atoms. The molecular weight excluding hydrogens is 326 g/mol. The van der Waals surface area contributed by atoms with Crippen molar-refractivity contribution in [3.05, 3.63) is 35.4 Å². The monoisotopic (exact) mass is 349 g/mol. The van der Waals surface area contributed by atoms with Gasteiger partial charge in [-0.15, -0.1) is 0 Å². The molecule has 1 amide bonds. The Balaban J connectivity index is 2.06. The molecular formula is C18H23NO6. The van der Waals surface area contributed by atoms with E-state index in [1.165, 1.54) is 4.90 Å². The minimum Gasteiger partial charge on any atom is -0.506 e. The fraction of sp³-hybridized carbons (Fsp3) is 0.444. The quantitative estimate of drug-likeness (QED) is 0.253. The summed E-state index contributed by atoms with van der Waals surface area (Å²) in [5.41, 5.74) is 0.222. The minimum atomic E-state index is -0.440. The number of ketones is 1. The van der Waals surface area contributed by atoms with E-state index in [-0.39, 0.29) is 36.5 Å². The van der Waals surface area contributed by atoms with Crippen LogP contribution in [0.3, 0.4) is 0 Å². The summed E-state index contributed by atoms with van der Waals surface area (Å²) in [6.07, 6.45) is 0. The first-order chi connectivity index (χ1) is 12.0. The van der Waals surface area contributed by atoms with Gasteiger partial charge in [0.2, 0.25) is 0 Å². The molecule has 136 valence electrons. The van der Waals surface area contributed by atoms with E-state index in [0.29, 0.717) is 24.5 Å². The van der Waals surface area contributed by atoms with E-state index in [0.717, 1.165) is 0 Å². The molecule has 1 aliphatic heterocycles. The number of rotatable bonds is 8. The van der Waals surface area contributed by atoms with Crippen molar-refractivity contribution in [2.24, 2.45) is 0 Å². The molecule has 2 rings (SSSR count). The van der Waals surface area contributed by atoms with Crippen LogP contribution >= 0.6 is 0 Å². The molecule has 1 aromatic rings. The van der Waals surface area contributed by atoms with Crippen LogP contribution < -0.4 is 4.74 Å². The van der Waals surface area contributed by atoms with Gasteiger partial charge in [0.1, 0.15) is 17.1 Å². The fourth-order valence-corrected chi connectivity index (χ4v) is 2.38. The molecule has 1 aromatic carbocycles. The summed E-state index contributed by atoms with van der Waals surface area (Å²) >= 11 is 0. The van der Waals surface area contributed by atoms with E-state index in [4.69, 9.17) is 14.2 Å². The van der Waals surface area contributed by atoms with E-state index in [1.807, 2.05) is 13.8 Å². The number of methoxy groups -OCH3 is 1. The lowest BCUT2D eigenvalue weighted by atomic mass is 10.1. The van der Waals surface area contributed by atoms with Gasteiger partial charge in [0.15, 0.2) is 12.6 Å². The summed E-state index contributed by atoms with van der Waals surface area (Å²) in [6.45, 7) is 4.64. The number of likely N-dealkylation sites (tertiary alicyclic amines) is 1. The summed E-state index contributed by atoms with van der Waals surface area (Å²) in [7, 11) is 1.59. The van der Waals surface area contributed by atoms with Crippen molar-refractivity contribution in [2.75, 3.05) is 33.7 Å². The van der Waals surface area contributed by atoms with Crippen molar-refractivity contribution in [2.45, 2.75) is 19.9 Å². The van der Waals surface area contributed by atoms with Gasteiger partial charge in [0.25, 0.3) is 5.91 Å². The van der Waals surface area contributed by atoms with Gasteiger partial charge < -0.3 is 24.2 Å². The number of nitrogens with zero attached hydrogens (tertiary/aromatic N) is 1. The normalized spacial score (nSPS) is 16.7. The summed E-state index contributed by atoms with van der Waals surface area (Å²) < 4.78 is 15.4. The fourth-order valence-electron chi connectivity index (χ4n) is 2.38. The lowest BCUT2D eigenvalue weighted by Crippen LogP contribution is -2.32. The predicted octanol–water partition coefficient (Wildman–Crippen LogP) is 1.77. The second-order valence-electron chi connectivity index (χ2n) is 5.86. The Morgan fingerprint density at radius 2 is 1.88 bits per heavy atom. The van der Waals surface area contributed by atoms with Crippen molar-refractivity contribution in [1.29, 1.82) is 0 Å². The number of hydrogen-bond donors (Lipinski definition) is 1. The molecule has 1 aliphatic rings. The standard InChI is InChI=1S/C18H23NO6/c1-12(2)19-10-15(20)16(18(19)22)17(21)13-4-6-14(7-5-13)25-11-24-9-8-23-3/h4-7,12,21H,8-11H2,1-3H3/b17-16+. The number of carbonyl (C=O) groups is 2. The number of hydrogen-bond acceptors (Lipinski definition) is 6. The van der Waals surface area contributed by atoms with Crippen molar-refractivity contribution in [1.82, 2.24) is 4.90 Å². The molecule has 1 saturated heterocycles. The van der Waals surface area contributed by atoms with Gasteiger partial charge in [-0.2, -0.15) is 0 Å². The third kappa shape index (κ3) is 4.58. The Morgan fingerprint density at radius 3 is 2.44 bits per heavy atom. The molecule has 0 aliphatic carbocycles. The summed E-state index contributed by atoms with van der Waals surface area (Å²) in [4.78, 5) is 25.8. The highest BCUT2D eigenvalue weighted by atomic mass is 16.7. The van der Waals surface area contributed by atoms with Crippen molar-refractivity contribution >= 4 is 17.4 Å². The highest BCUT2D eigenvalue weighted by molar-refractivity contribution is 6.28. The van der Waals surface area contributed by atoms with Crippen LogP contribution in [0.5, 0.6) is 5.75 Å². The summed E-state index contributed by atoms with van der Waals surface area (Å²) in [6, 6.07) is 6.35. The Bertz CT molecular complexity index is 650. The number of aliphatic hydroxyl groups excluding tert-OH is 1. The van der Waals surface area contributed by atoms with Crippen LogP contribution in [0.25, 0.3) is 5.76 Å². The van der Waals surface area contributed by atoms with Crippen LogP contribution in [0.1, 0.15) is 19.4 Å². The van der Waals surface area contributed by atoms with Crippen molar-refractivity contribution < 1.29 is 28.9 Å². The van der Waals surface area contributed by atoms with Gasteiger partial charge in [-0.25, -0.2) is 0 Å². The van der Waals surface area contributed by atoms with E-state index in [9.17, 15) is 14.7 Å². The maximum atomic E-state index is 12.3. The second-order valence-corrected chi connectivity index (χ2v) is 5.86. The number of aliphatic hydroxyl groups is 1. The van der Waals surface area contributed by atoms with Gasteiger partial charge in [0.05, 0.1) is 19.8 Å². The molecule has 0 bridgehead atoms. The lowest BCUT2D eigenvalue weighted by Gasteiger charge is -2.18. The predicted molar refractivity (Wildman–Crippen MR) is 91.2 cm³/mol. The highest BCUT2D eigenvalue weighted by Crippen LogP contribution is 2.25. The van der Waals surface area contributed by atoms with Crippen LogP contribution in [0.2, 0.25) is 0 Å². The van der Waals surface area contributed by atoms with Crippen LogP contribution in [0, 0.1) is 0 Å². The van der Waals surface area contributed by atoms with E-state index >= 15 is 0 Å². The smallest absolute Gasteiger partial charge is 0.262 e. The zero-order valence-corrected chi connectivity index (χ0v) is 14.7. The average Bonchev–Trinajstić information content (AvgIpc) is 2.89. The molecule has 7 nitrogen and oxygen atoms in total. The highest BCUT2D eigenvalue weighted by Gasteiger charge is 2.37. The molecule has 1 N–H and O–H groups in total. The first kappa shape index (κ1) is 19.0. The Morgan fingerprint density at radius 1 is 1.20 bits per heavy atom. The molecule has 1 heterocycles. The zero-order chi connectivity index (χ0) is 18.4. The molecule has 7 heteroatoms. The van der Waals surface area contributed by atoms with Gasteiger partial charge >= 0.3 is 0 Å². The van der Waals surface area contributed by atoms with E-state index < -0.39 is 5.91 Å². The molecule has 0 radical (unpaired) electrons. The summed E-state index contributed by atoms with van der Waals surface area (Å²) in [5, 5.41) is 10.4. The van der Waals surface area contributed by atoms with Crippen LogP contribution in [-0.2, 0) is 19.1 Å². The second kappa shape index (κ2) is 8.64. The maximum Gasteiger partial charge on any atom is 0.262 e. The van der Waals surface area contributed by atoms with Gasteiger partial charge in [-0.1, -0.05) is 0 Å². The SMILES string of the molecule is COCCOCOc1ccc(/C(O)=C2/C(=O)CN(C(C)C)C2=O)cc1. The third-order valence-corrected chi connectivity index (χ3v) is 3.80. The molecule has 0 saturated carbocycles.